The molecule has 4 saturated carbocycles. The number of unbranched alkanes of at least 4 members (excludes halogenated alkanes) is 9. The van der Waals surface area contributed by atoms with E-state index in [9.17, 15) is 5.11 Å². The van der Waals surface area contributed by atoms with Gasteiger partial charge in [0.1, 0.15) is 0 Å². The van der Waals surface area contributed by atoms with Crippen LogP contribution in [0.2, 0.25) is 0 Å². The van der Waals surface area contributed by atoms with Crippen LogP contribution in [-0.4, -0.2) is 11.2 Å². The van der Waals surface area contributed by atoms with Crippen LogP contribution >= 0.6 is 0 Å². The van der Waals surface area contributed by atoms with E-state index in [0.717, 1.165) is 36.5 Å². The van der Waals surface area contributed by atoms with E-state index in [2.05, 4.69) is 26.8 Å². The van der Waals surface area contributed by atoms with Crippen LogP contribution in [0.25, 0.3) is 0 Å². The minimum Gasteiger partial charge on any atom is -0.393 e. The highest BCUT2D eigenvalue weighted by molar-refractivity contribution is 5.24. The van der Waals surface area contributed by atoms with Crippen molar-refractivity contribution in [1.82, 2.24) is 0 Å². The lowest BCUT2D eigenvalue weighted by atomic mass is 9.45. The summed E-state index contributed by atoms with van der Waals surface area (Å²) in [5.74, 6) is 3.63. The van der Waals surface area contributed by atoms with Crippen molar-refractivity contribution in [3.63, 3.8) is 0 Å². The molecule has 1 N–H and O–H groups in total. The third kappa shape index (κ3) is 5.04. The normalized spacial score (nSPS) is 42.5. The summed E-state index contributed by atoms with van der Waals surface area (Å²) in [6.07, 6.45) is 29.0. The van der Waals surface area contributed by atoms with Crippen molar-refractivity contribution in [3.05, 3.63) is 11.6 Å². The molecule has 0 saturated heterocycles. The molecule has 0 spiro atoms. The van der Waals surface area contributed by atoms with Crippen LogP contribution in [0.15, 0.2) is 11.6 Å². The van der Waals surface area contributed by atoms with Gasteiger partial charge in [-0.05, 0) is 105 Å². The van der Waals surface area contributed by atoms with Crippen LogP contribution in [0.4, 0.5) is 0 Å². The summed E-state index contributed by atoms with van der Waals surface area (Å²) in [6, 6.07) is 0. The summed E-state index contributed by atoms with van der Waals surface area (Å²) < 4.78 is 0. The van der Waals surface area contributed by atoms with Crippen molar-refractivity contribution in [1.29, 1.82) is 0 Å². The minimum absolute atomic E-state index is 0.0134. The second kappa shape index (κ2) is 11.0. The average molecular weight is 443 g/mol. The van der Waals surface area contributed by atoms with Crippen molar-refractivity contribution in [3.8, 4) is 0 Å². The van der Waals surface area contributed by atoms with Crippen molar-refractivity contribution < 1.29 is 5.11 Å². The lowest BCUT2D eigenvalue weighted by molar-refractivity contribution is -0.116. The van der Waals surface area contributed by atoms with Gasteiger partial charge < -0.3 is 5.11 Å². The zero-order valence-corrected chi connectivity index (χ0v) is 21.8. The Morgan fingerprint density at radius 3 is 2.28 bits per heavy atom. The highest BCUT2D eigenvalue weighted by Gasteiger charge is 2.58. The molecule has 0 amide bonds. The van der Waals surface area contributed by atoms with E-state index >= 15 is 0 Å². The Labute approximate surface area is 200 Å². The maximum absolute atomic E-state index is 10.3. The first kappa shape index (κ1) is 24.8. The predicted octanol–water partition coefficient (Wildman–Crippen LogP) is 9.24. The van der Waals surface area contributed by atoms with Crippen molar-refractivity contribution in [2.75, 3.05) is 0 Å². The molecular formula is C31H54O. The SMILES string of the molecule is CCCCCCCCCCCC=C1CCC2C3CCC4C[C@@H](O)CC[C@]4(C)C3CC[C@]12C. The van der Waals surface area contributed by atoms with Gasteiger partial charge in [-0.25, -0.2) is 0 Å². The van der Waals surface area contributed by atoms with Crippen LogP contribution in [0, 0.1) is 34.5 Å². The number of aliphatic hydroxyl groups is 1. The second-order valence-corrected chi connectivity index (χ2v) is 12.9. The summed E-state index contributed by atoms with van der Waals surface area (Å²) in [5.41, 5.74) is 2.89. The van der Waals surface area contributed by atoms with Gasteiger partial charge in [-0.3, -0.25) is 0 Å². The molecule has 4 aliphatic carbocycles. The molecule has 0 aromatic carbocycles. The van der Waals surface area contributed by atoms with Gasteiger partial charge in [0.15, 0.2) is 0 Å². The largest absolute Gasteiger partial charge is 0.393 e. The molecule has 1 nitrogen and oxygen atoms in total. The Morgan fingerprint density at radius 2 is 1.53 bits per heavy atom. The molecular weight excluding hydrogens is 388 g/mol. The Morgan fingerprint density at radius 1 is 0.812 bits per heavy atom. The Hall–Kier alpha value is -0.300. The van der Waals surface area contributed by atoms with Gasteiger partial charge in [-0.2, -0.15) is 0 Å². The molecule has 1 heteroatoms. The average Bonchev–Trinajstić information content (AvgIpc) is 3.12. The topological polar surface area (TPSA) is 20.2 Å². The molecule has 0 bridgehead atoms. The monoisotopic (exact) mass is 442 g/mol. The van der Waals surface area contributed by atoms with Crippen molar-refractivity contribution >= 4 is 0 Å². The fourth-order valence-corrected chi connectivity index (χ4v) is 9.15. The van der Waals surface area contributed by atoms with Gasteiger partial charge >= 0.3 is 0 Å². The first-order valence-corrected chi connectivity index (χ1v) is 14.9. The first-order valence-electron chi connectivity index (χ1n) is 14.9. The number of hydrogen-bond donors (Lipinski definition) is 1. The minimum atomic E-state index is -0.0134. The zero-order valence-electron chi connectivity index (χ0n) is 21.8. The highest BCUT2D eigenvalue weighted by atomic mass is 16.3. The Balaban J connectivity index is 1.26. The smallest absolute Gasteiger partial charge is 0.0543 e. The van der Waals surface area contributed by atoms with E-state index in [1.165, 1.54) is 109 Å². The lowest BCUT2D eigenvalue weighted by Crippen LogP contribution is -2.53. The zero-order chi connectivity index (χ0) is 22.6. The third-order valence-corrected chi connectivity index (χ3v) is 11.2. The highest BCUT2D eigenvalue weighted by Crippen LogP contribution is 2.67. The van der Waals surface area contributed by atoms with E-state index in [0.29, 0.717) is 10.8 Å². The maximum atomic E-state index is 10.3. The fraction of sp³-hybridized carbons (Fsp3) is 0.935. The molecule has 7 atom stereocenters. The number of hydrogen-bond acceptors (Lipinski definition) is 1. The van der Waals surface area contributed by atoms with E-state index in [-0.39, 0.29) is 6.10 Å². The van der Waals surface area contributed by atoms with Crippen LogP contribution in [0.3, 0.4) is 0 Å². The molecule has 4 fully saturated rings. The summed E-state index contributed by atoms with van der Waals surface area (Å²) in [7, 11) is 0. The van der Waals surface area contributed by atoms with Crippen LogP contribution in [-0.2, 0) is 0 Å². The number of fused-ring (bicyclic) bond motifs is 5. The van der Waals surface area contributed by atoms with Gasteiger partial charge in [-0.15, -0.1) is 0 Å². The molecule has 4 aliphatic rings. The van der Waals surface area contributed by atoms with E-state index < -0.39 is 0 Å². The quantitative estimate of drug-likeness (QED) is 0.264. The molecule has 0 aromatic rings. The van der Waals surface area contributed by atoms with Crippen LogP contribution in [0.5, 0.6) is 0 Å². The van der Waals surface area contributed by atoms with Gasteiger partial charge in [0, 0.05) is 0 Å². The molecule has 4 rings (SSSR count). The number of rotatable bonds is 10. The van der Waals surface area contributed by atoms with Crippen molar-refractivity contribution in [2.45, 2.75) is 149 Å². The van der Waals surface area contributed by atoms with Gasteiger partial charge in [0.25, 0.3) is 0 Å². The molecule has 4 unspecified atom stereocenters. The first-order chi connectivity index (χ1) is 15.5. The molecule has 32 heavy (non-hydrogen) atoms. The van der Waals surface area contributed by atoms with Crippen molar-refractivity contribution in [2.24, 2.45) is 34.5 Å². The molecule has 0 aromatic heterocycles. The fourth-order valence-electron chi connectivity index (χ4n) is 9.15. The Kier molecular flexibility index (Phi) is 8.50. The lowest BCUT2D eigenvalue weighted by Gasteiger charge is -2.60. The number of allylic oxidation sites excluding steroid dienone is 2. The molecule has 0 aliphatic heterocycles. The Bertz CT molecular complexity index is 622. The van der Waals surface area contributed by atoms with Crippen LogP contribution < -0.4 is 0 Å². The molecule has 0 radical (unpaired) electrons. The van der Waals surface area contributed by atoms with Gasteiger partial charge in [0.2, 0.25) is 0 Å². The van der Waals surface area contributed by atoms with Gasteiger partial charge in [0.05, 0.1) is 6.10 Å². The van der Waals surface area contributed by atoms with E-state index in [1.54, 1.807) is 0 Å². The summed E-state index contributed by atoms with van der Waals surface area (Å²) in [5, 5.41) is 10.3. The second-order valence-electron chi connectivity index (χ2n) is 12.9. The molecule has 184 valence electrons. The third-order valence-electron chi connectivity index (χ3n) is 11.2. The summed E-state index contributed by atoms with van der Waals surface area (Å²) >= 11 is 0. The maximum Gasteiger partial charge on any atom is 0.0543 e. The van der Waals surface area contributed by atoms with E-state index in [1.807, 2.05) is 5.57 Å². The van der Waals surface area contributed by atoms with Crippen LogP contribution in [0.1, 0.15) is 143 Å². The summed E-state index contributed by atoms with van der Waals surface area (Å²) in [6.45, 7) is 7.58. The van der Waals surface area contributed by atoms with E-state index in [4.69, 9.17) is 0 Å². The molecule has 0 heterocycles. The predicted molar refractivity (Wildman–Crippen MR) is 138 cm³/mol. The standard InChI is InChI=1S/C31H54O/c1-4-5-6-7-8-9-10-11-12-13-14-24-16-18-28-27-17-15-25-23-26(32)19-21-31(25,3)29(27)20-22-30(24,28)2/h14,25-29,32H,4-13,15-23H2,1-3H3/t25?,26-,27?,28?,29?,30+,31-/m0/s1. The van der Waals surface area contributed by atoms with Gasteiger partial charge in [-0.1, -0.05) is 83.8 Å². The number of aliphatic hydroxyl groups excluding tert-OH is 1. The summed E-state index contributed by atoms with van der Waals surface area (Å²) in [4.78, 5) is 0.